The van der Waals surface area contributed by atoms with Gasteiger partial charge in [0.05, 0.1) is 18.9 Å². The lowest BCUT2D eigenvalue weighted by atomic mass is 10.00. The Bertz CT molecular complexity index is 1010. The predicted molar refractivity (Wildman–Crippen MR) is 105 cm³/mol. The average Bonchev–Trinajstić information content (AvgIpc) is 3.25. The molecule has 1 atom stereocenters. The molecule has 6 nitrogen and oxygen atoms in total. The van der Waals surface area contributed by atoms with Gasteiger partial charge in [0.1, 0.15) is 5.75 Å². The number of benzene rings is 2. The molecule has 0 fully saturated rings. The molecule has 0 saturated carbocycles. The summed E-state index contributed by atoms with van der Waals surface area (Å²) in [6, 6.07) is 16.1. The SMILES string of the molecule is Cc1ccc(C(=O)N[C@H]2CCOc3ccccc32)cc1NC(=O)c1ccco1. The summed E-state index contributed by atoms with van der Waals surface area (Å²) in [7, 11) is 0. The second-order valence-electron chi connectivity index (χ2n) is 6.66. The van der Waals surface area contributed by atoms with Crippen molar-refractivity contribution in [2.75, 3.05) is 11.9 Å². The Balaban J connectivity index is 1.52. The van der Waals surface area contributed by atoms with E-state index < -0.39 is 0 Å². The lowest BCUT2D eigenvalue weighted by Crippen LogP contribution is -2.32. The number of para-hydroxylation sites is 1. The Morgan fingerprint density at radius 1 is 1.04 bits per heavy atom. The van der Waals surface area contributed by atoms with Crippen molar-refractivity contribution in [3.05, 3.63) is 83.3 Å². The molecule has 0 aliphatic carbocycles. The zero-order valence-corrected chi connectivity index (χ0v) is 15.4. The van der Waals surface area contributed by atoms with Gasteiger partial charge in [-0.05, 0) is 42.8 Å². The number of furan rings is 1. The number of anilines is 1. The van der Waals surface area contributed by atoms with Crippen LogP contribution in [0.15, 0.2) is 65.3 Å². The topological polar surface area (TPSA) is 80.6 Å². The molecule has 28 heavy (non-hydrogen) atoms. The number of hydrogen-bond donors (Lipinski definition) is 2. The second kappa shape index (κ2) is 7.60. The molecule has 2 heterocycles. The van der Waals surface area contributed by atoms with Gasteiger partial charge >= 0.3 is 0 Å². The summed E-state index contributed by atoms with van der Waals surface area (Å²) in [5.74, 6) is 0.460. The first-order valence-corrected chi connectivity index (χ1v) is 9.10. The van der Waals surface area contributed by atoms with Crippen LogP contribution in [-0.2, 0) is 0 Å². The summed E-state index contributed by atoms with van der Waals surface area (Å²) < 4.78 is 10.8. The number of hydrogen-bond acceptors (Lipinski definition) is 4. The van der Waals surface area contributed by atoms with Gasteiger partial charge in [-0.1, -0.05) is 24.3 Å². The van der Waals surface area contributed by atoms with E-state index >= 15 is 0 Å². The highest BCUT2D eigenvalue weighted by Crippen LogP contribution is 2.31. The quantitative estimate of drug-likeness (QED) is 0.719. The molecule has 1 aliphatic heterocycles. The molecule has 1 aliphatic rings. The first-order chi connectivity index (χ1) is 13.6. The minimum Gasteiger partial charge on any atom is -0.493 e. The monoisotopic (exact) mass is 376 g/mol. The van der Waals surface area contributed by atoms with Crippen LogP contribution in [0, 0.1) is 6.92 Å². The van der Waals surface area contributed by atoms with Gasteiger partial charge in [-0.2, -0.15) is 0 Å². The number of nitrogens with one attached hydrogen (secondary N) is 2. The van der Waals surface area contributed by atoms with E-state index in [0.717, 1.165) is 16.9 Å². The Morgan fingerprint density at radius 3 is 2.71 bits per heavy atom. The van der Waals surface area contributed by atoms with E-state index in [-0.39, 0.29) is 23.6 Å². The highest BCUT2D eigenvalue weighted by Gasteiger charge is 2.23. The van der Waals surface area contributed by atoms with Gasteiger partial charge < -0.3 is 19.8 Å². The summed E-state index contributed by atoms with van der Waals surface area (Å²) in [5.41, 5.74) is 2.87. The molecular weight excluding hydrogens is 356 g/mol. The highest BCUT2D eigenvalue weighted by molar-refractivity contribution is 6.04. The molecule has 0 spiro atoms. The summed E-state index contributed by atoms with van der Waals surface area (Å²) >= 11 is 0. The van der Waals surface area contributed by atoms with Crippen molar-refractivity contribution in [1.82, 2.24) is 5.32 Å². The van der Waals surface area contributed by atoms with Crippen LogP contribution in [0.1, 0.15) is 44.5 Å². The molecule has 0 unspecified atom stereocenters. The summed E-state index contributed by atoms with van der Waals surface area (Å²) in [6.45, 7) is 2.43. The summed E-state index contributed by atoms with van der Waals surface area (Å²) in [5, 5.41) is 5.86. The number of carbonyl (C=O) groups is 2. The lowest BCUT2D eigenvalue weighted by Gasteiger charge is -2.26. The van der Waals surface area contributed by atoms with Crippen LogP contribution in [-0.4, -0.2) is 18.4 Å². The first kappa shape index (κ1) is 17.9. The fourth-order valence-corrected chi connectivity index (χ4v) is 3.22. The molecule has 3 aromatic rings. The van der Waals surface area contributed by atoms with Gasteiger partial charge in [0.25, 0.3) is 11.8 Å². The third-order valence-corrected chi connectivity index (χ3v) is 4.76. The molecule has 2 amide bonds. The standard InChI is InChI=1S/C22H20N2O4/c1-14-8-9-15(13-18(14)24-22(26)20-7-4-11-27-20)21(25)23-17-10-12-28-19-6-3-2-5-16(17)19/h2-9,11,13,17H,10,12H2,1H3,(H,23,25)(H,24,26)/t17-/m0/s1. The molecule has 1 aromatic heterocycles. The zero-order chi connectivity index (χ0) is 19.5. The van der Waals surface area contributed by atoms with E-state index in [1.54, 1.807) is 24.3 Å². The normalized spacial score (nSPS) is 15.2. The van der Waals surface area contributed by atoms with E-state index in [1.807, 2.05) is 37.3 Å². The smallest absolute Gasteiger partial charge is 0.291 e. The van der Waals surface area contributed by atoms with Crippen molar-refractivity contribution >= 4 is 17.5 Å². The van der Waals surface area contributed by atoms with Gasteiger partial charge in [0.15, 0.2) is 5.76 Å². The third-order valence-electron chi connectivity index (χ3n) is 4.76. The Labute approximate surface area is 162 Å². The molecule has 6 heteroatoms. The molecule has 4 rings (SSSR count). The van der Waals surface area contributed by atoms with Crippen molar-refractivity contribution in [3.8, 4) is 5.75 Å². The van der Waals surface area contributed by atoms with Crippen LogP contribution in [0.25, 0.3) is 0 Å². The Morgan fingerprint density at radius 2 is 1.89 bits per heavy atom. The van der Waals surface area contributed by atoms with E-state index in [9.17, 15) is 9.59 Å². The number of rotatable bonds is 4. The number of fused-ring (bicyclic) bond motifs is 1. The van der Waals surface area contributed by atoms with Crippen LogP contribution in [0.5, 0.6) is 5.75 Å². The van der Waals surface area contributed by atoms with Crippen molar-refractivity contribution in [2.45, 2.75) is 19.4 Å². The minimum absolute atomic E-state index is 0.111. The number of carbonyl (C=O) groups excluding carboxylic acids is 2. The van der Waals surface area contributed by atoms with Gasteiger partial charge in [-0.25, -0.2) is 0 Å². The zero-order valence-electron chi connectivity index (χ0n) is 15.4. The Hall–Kier alpha value is -3.54. The van der Waals surface area contributed by atoms with Crippen LogP contribution < -0.4 is 15.4 Å². The van der Waals surface area contributed by atoms with Gasteiger partial charge in [0.2, 0.25) is 0 Å². The Kier molecular flexibility index (Phi) is 4.85. The van der Waals surface area contributed by atoms with Crippen molar-refractivity contribution in [1.29, 1.82) is 0 Å². The van der Waals surface area contributed by atoms with Gasteiger partial charge in [0, 0.05) is 23.2 Å². The second-order valence-corrected chi connectivity index (χ2v) is 6.66. The van der Waals surface area contributed by atoms with Gasteiger partial charge in [-0.3, -0.25) is 9.59 Å². The van der Waals surface area contributed by atoms with E-state index in [2.05, 4.69) is 10.6 Å². The van der Waals surface area contributed by atoms with E-state index in [0.29, 0.717) is 24.3 Å². The lowest BCUT2D eigenvalue weighted by molar-refractivity contribution is 0.0923. The molecule has 0 saturated heterocycles. The van der Waals surface area contributed by atoms with Crippen molar-refractivity contribution in [3.63, 3.8) is 0 Å². The molecular formula is C22H20N2O4. The molecule has 142 valence electrons. The van der Waals surface area contributed by atoms with E-state index in [1.165, 1.54) is 6.26 Å². The maximum Gasteiger partial charge on any atom is 0.291 e. The van der Waals surface area contributed by atoms with Crippen LogP contribution >= 0.6 is 0 Å². The van der Waals surface area contributed by atoms with E-state index in [4.69, 9.17) is 9.15 Å². The number of aryl methyl sites for hydroxylation is 1. The van der Waals surface area contributed by atoms with Crippen LogP contribution in [0.2, 0.25) is 0 Å². The molecule has 0 radical (unpaired) electrons. The fraction of sp³-hybridized carbons (Fsp3) is 0.182. The first-order valence-electron chi connectivity index (χ1n) is 9.10. The molecule has 0 bridgehead atoms. The fourth-order valence-electron chi connectivity index (χ4n) is 3.22. The van der Waals surface area contributed by atoms with Crippen LogP contribution in [0.3, 0.4) is 0 Å². The average molecular weight is 376 g/mol. The van der Waals surface area contributed by atoms with Crippen molar-refractivity contribution in [2.24, 2.45) is 0 Å². The number of amides is 2. The number of ether oxygens (including phenoxy) is 1. The van der Waals surface area contributed by atoms with Crippen molar-refractivity contribution < 1.29 is 18.7 Å². The largest absolute Gasteiger partial charge is 0.493 e. The van der Waals surface area contributed by atoms with Gasteiger partial charge in [-0.15, -0.1) is 0 Å². The highest BCUT2D eigenvalue weighted by atomic mass is 16.5. The molecule has 2 aromatic carbocycles. The summed E-state index contributed by atoms with van der Waals surface area (Å²) in [4.78, 5) is 25.1. The van der Waals surface area contributed by atoms with Crippen LogP contribution in [0.4, 0.5) is 5.69 Å². The maximum absolute atomic E-state index is 12.8. The molecule has 2 N–H and O–H groups in total. The summed E-state index contributed by atoms with van der Waals surface area (Å²) in [6.07, 6.45) is 2.15. The minimum atomic E-state index is -0.357. The predicted octanol–water partition coefficient (Wildman–Crippen LogP) is 4.09. The maximum atomic E-state index is 12.8. The third kappa shape index (κ3) is 3.62.